The number of nitriles is 1. The molecule has 4 aliphatic rings. The maximum Gasteiger partial charge on any atom is 0.157 e. The highest BCUT2D eigenvalue weighted by Crippen LogP contribution is 2.67. The molecule has 4 heteroatoms. The molecule has 0 radical (unpaired) electrons. The van der Waals surface area contributed by atoms with Gasteiger partial charge in [-0.2, -0.15) is 10.4 Å². The van der Waals surface area contributed by atoms with Gasteiger partial charge in [0.15, 0.2) is 5.78 Å². The van der Waals surface area contributed by atoms with E-state index >= 15 is 0 Å². The quantitative estimate of drug-likeness (QED) is 0.653. The van der Waals surface area contributed by atoms with Gasteiger partial charge in [0.1, 0.15) is 6.07 Å². The van der Waals surface area contributed by atoms with Gasteiger partial charge in [0.05, 0.1) is 18.3 Å². The molecule has 5 rings (SSSR count). The van der Waals surface area contributed by atoms with Crippen LogP contribution in [-0.2, 0) is 11.3 Å². The SMILES string of the molecule is CC1CCC2(C)C(CCC3C2CC[C@@]2(C)C3CC[C@@H]2C(=O)Cn2cc(C#N)cn2)C1. The predicted molar refractivity (Wildman–Crippen MR) is 116 cm³/mol. The summed E-state index contributed by atoms with van der Waals surface area (Å²) < 4.78 is 1.67. The van der Waals surface area contributed by atoms with E-state index in [1.54, 1.807) is 17.1 Å². The van der Waals surface area contributed by atoms with Crippen LogP contribution in [0.15, 0.2) is 12.4 Å². The fourth-order valence-electron chi connectivity index (χ4n) is 8.78. The fraction of sp³-hybridized carbons (Fsp3) is 0.808. The van der Waals surface area contributed by atoms with Crippen molar-refractivity contribution in [3.05, 3.63) is 18.0 Å². The number of nitrogens with zero attached hydrogens (tertiary/aromatic N) is 3. The molecule has 0 amide bonds. The molecule has 0 aliphatic heterocycles. The molecule has 6 unspecified atom stereocenters. The van der Waals surface area contributed by atoms with Gasteiger partial charge in [-0.15, -0.1) is 0 Å². The monoisotopic (exact) mass is 407 g/mol. The van der Waals surface area contributed by atoms with Crippen LogP contribution in [0.25, 0.3) is 0 Å². The standard InChI is InChI=1S/C26H37N3O/c1-17-8-10-25(2)19(12-17)4-5-20-21-6-7-23(26(21,3)11-9-22(20)25)24(30)16-29-15-18(13-27)14-28-29/h14-15,17,19-23H,4-12,16H2,1-3H3/t17?,19?,20?,21?,22?,23-,25?,26+/m1/s1. The van der Waals surface area contributed by atoms with E-state index in [0.29, 0.717) is 23.3 Å². The maximum atomic E-state index is 13.3. The first-order valence-electron chi connectivity index (χ1n) is 12.3. The van der Waals surface area contributed by atoms with Crippen molar-refractivity contribution in [3.8, 4) is 6.07 Å². The molecule has 0 spiro atoms. The van der Waals surface area contributed by atoms with Crippen LogP contribution in [-0.4, -0.2) is 15.6 Å². The Labute approximate surface area is 181 Å². The maximum absolute atomic E-state index is 13.3. The van der Waals surface area contributed by atoms with Gasteiger partial charge in [-0.1, -0.05) is 27.2 Å². The number of rotatable bonds is 3. The second-order valence-corrected chi connectivity index (χ2v) is 11.7. The molecule has 4 nitrogen and oxygen atoms in total. The Balaban J connectivity index is 1.34. The Bertz CT molecular complexity index is 868. The predicted octanol–water partition coefficient (Wildman–Crippen LogP) is 5.62. The first kappa shape index (κ1) is 20.3. The van der Waals surface area contributed by atoms with Crippen LogP contribution in [0.3, 0.4) is 0 Å². The van der Waals surface area contributed by atoms with E-state index in [1.165, 1.54) is 51.4 Å². The Kier molecular flexibility index (Phi) is 4.88. The zero-order chi connectivity index (χ0) is 21.1. The molecule has 0 N–H and O–H groups in total. The van der Waals surface area contributed by atoms with Crippen LogP contribution in [0.4, 0.5) is 0 Å². The molecule has 4 aliphatic carbocycles. The van der Waals surface area contributed by atoms with Gasteiger partial charge in [-0.05, 0) is 91.8 Å². The molecule has 4 saturated carbocycles. The number of carbonyl (C=O) groups excluding carboxylic acids is 1. The third-order valence-electron chi connectivity index (χ3n) is 10.4. The van der Waals surface area contributed by atoms with Crippen molar-refractivity contribution in [1.82, 2.24) is 9.78 Å². The Morgan fingerprint density at radius 3 is 2.67 bits per heavy atom. The van der Waals surface area contributed by atoms with Crippen molar-refractivity contribution in [2.45, 2.75) is 85.1 Å². The smallest absolute Gasteiger partial charge is 0.157 e. The second kappa shape index (κ2) is 7.21. The Morgan fingerprint density at radius 1 is 1.13 bits per heavy atom. The minimum Gasteiger partial charge on any atom is -0.297 e. The van der Waals surface area contributed by atoms with E-state index in [0.717, 1.165) is 36.0 Å². The lowest BCUT2D eigenvalue weighted by Crippen LogP contribution is -2.53. The van der Waals surface area contributed by atoms with E-state index in [1.807, 2.05) is 0 Å². The Morgan fingerprint density at radius 2 is 1.90 bits per heavy atom. The summed E-state index contributed by atoms with van der Waals surface area (Å²) >= 11 is 0. The Hall–Kier alpha value is -1.63. The van der Waals surface area contributed by atoms with Crippen LogP contribution in [0, 0.1) is 57.7 Å². The van der Waals surface area contributed by atoms with Crippen molar-refractivity contribution >= 4 is 5.78 Å². The summed E-state index contributed by atoms with van der Waals surface area (Å²) in [6, 6.07) is 2.11. The molecule has 0 bridgehead atoms. The van der Waals surface area contributed by atoms with Crippen molar-refractivity contribution in [2.75, 3.05) is 0 Å². The van der Waals surface area contributed by atoms with Crippen molar-refractivity contribution in [1.29, 1.82) is 5.26 Å². The third-order valence-corrected chi connectivity index (χ3v) is 10.4. The van der Waals surface area contributed by atoms with E-state index in [-0.39, 0.29) is 11.3 Å². The van der Waals surface area contributed by atoms with E-state index in [2.05, 4.69) is 31.9 Å². The number of hydrogen-bond acceptors (Lipinski definition) is 3. The topological polar surface area (TPSA) is 58.7 Å². The molecule has 30 heavy (non-hydrogen) atoms. The van der Waals surface area contributed by atoms with Gasteiger partial charge >= 0.3 is 0 Å². The molecule has 1 aromatic heterocycles. The van der Waals surface area contributed by atoms with Crippen molar-refractivity contribution < 1.29 is 4.79 Å². The van der Waals surface area contributed by atoms with E-state index < -0.39 is 0 Å². The first-order valence-corrected chi connectivity index (χ1v) is 12.3. The molecular weight excluding hydrogens is 370 g/mol. The minimum atomic E-state index is 0.161. The highest BCUT2D eigenvalue weighted by Gasteiger charge is 2.60. The van der Waals surface area contributed by atoms with Crippen LogP contribution in [0.1, 0.15) is 84.1 Å². The fourth-order valence-corrected chi connectivity index (χ4v) is 8.78. The molecule has 1 aromatic rings. The van der Waals surface area contributed by atoms with E-state index in [4.69, 9.17) is 5.26 Å². The number of hydrogen-bond donors (Lipinski definition) is 0. The summed E-state index contributed by atoms with van der Waals surface area (Å²) in [4.78, 5) is 13.3. The van der Waals surface area contributed by atoms with Crippen LogP contribution >= 0.6 is 0 Å². The summed E-state index contributed by atoms with van der Waals surface area (Å²) in [6.45, 7) is 7.84. The van der Waals surface area contributed by atoms with Gasteiger partial charge in [0.2, 0.25) is 0 Å². The lowest BCUT2D eigenvalue weighted by atomic mass is 9.44. The van der Waals surface area contributed by atoms with Crippen LogP contribution in [0.2, 0.25) is 0 Å². The second-order valence-electron chi connectivity index (χ2n) is 11.7. The highest BCUT2D eigenvalue weighted by atomic mass is 16.1. The minimum absolute atomic E-state index is 0.161. The molecular formula is C26H37N3O. The van der Waals surface area contributed by atoms with Gasteiger partial charge in [-0.25, -0.2) is 0 Å². The average molecular weight is 408 g/mol. The van der Waals surface area contributed by atoms with Gasteiger partial charge in [-0.3, -0.25) is 9.48 Å². The molecule has 162 valence electrons. The van der Waals surface area contributed by atoms with Gasteiger partial charge in [0, 0.05) is 12.1 Å². The van der Waals surface area contributed by atoms with Crippen LogP contribution in [0.5, 0.6) is 0 Å². The number of carbonyl (C=O) groups is 1. The van der Waals surface area contributed by atoms with Crippen molar-refractivity contribution in [3.63, 3.8) is 0 Å². The summed E-state index contributed by atoms with van der Waals surface area (Å²) in [5.41, 5.74) is 1.24. The summed E-state index contributed by atoms with van der Waals surface area (Å²) in [5, 5.41) is 13.3. The number of ketones is 1. The number of Topliss-reactive ketones (excluding diaryl/α,β-unsaturated/α-hetero) is 1. The van der Waals surface area contributed by atoms with Crippen LogP contribution < -0.4 is 0 Å². The normalized spacial score (nSPS) is 45.1. The van der Waals surface area contributed by atoms with E-state index in [9.17, 15) is 4.79 Å². The summed E-state index contributed by atoms with van der Waals surface area (Å²) in [5.74, 6) is 4.75. The zero-order valence-corrected chi connectivity index (χ0v) is 18.9. The average Bonchev–Trinajstić information content (AvgIpc) is 3.32. The molecule has 1 heterocycles. The third kappa shape index (κ3) is 2.99. The van der Waals surface area contributed by atoms with Gasteiger partial charge < -0.3 is 0 Å². The molecule has 0 saturated heterocycles. The molecule has 8 atom stereocenters. The summed E-state index contributed by atoms with van der Waals surface area (Å²) in [6.07, 6.45) is 15.2. The summed E-state index contributed by atoms with van der Waals surface area (Å²) in [7, 11) is 0. The molecule has 0 aromatic carbocycles. The molecule has 4 fully saturated rings. The lowest BCUT2D eigenvalue weighted by molar-refractivity contribution is -0.137. The number of fused-ring (bicyclic) bond motifs is 5. The van der Waals surface area contributed by atoms with Crippen molar-refractivity contribution in [2.24, 2.45) is 46.3 Å². The number of aromatic nitrogens is 2. The zero-order valence-electron chi connectivity index (χ0n) is 18.9. The largest absolute Gasteiger partial charge is 0.297 e. The van der Waals surface area contributed by atoms with Gasteiger partial charge in [0.25, 0.3) is 0 Å². The lowest BCUT2D eigenvalue weighted by Gasteiger charge is -2.61. The first-order chi connectivity index (χ1) is 14.3. The highest BCUT2D eigenvalue weighted by molar-refractivity contribution is 5.82.